The van der Waals surface area contributed by atoms with Gasteiger partial charge >= 0.3 is 0 Å². The first-order chi connectivity index (χ1) is 5.71. The van der Waals surface area contributed by atoms with E-state index in [-0.39, 0.29) is 0 Å². The fourth-order valence-corrected chi connectivity index (χ4v) is 1.29. The molecule has 0 amide bonds. The highest BCUT2D eigenvalue weighted by atomic mass is 16.5. The van der Waals surface area contributed by atoms with E-state index >= 15 is 0 Å². The number of nitrogen functional groups attached to an aromatic ring is 1. The van der Waals surface area contributed by atoms with Gasteiger partial charge in [-0.25, -0.2) is 0 Å². The van der Waals surface area contributed by atoms with Crippen LogP contribution in [0.15, 0.2) is 24.3 Å². The Kier molecular flexibility index (Phi) is 1.56. The molecule has 3 heteroatoms. The molecular weight excluding hydrogens is 154 g/mol. The van der Waals surface area contributed by atoms with Crippen molar-refractivity contribution in [3.8, 4) is 0 Å². The van der Waals surface area contributed by atoms with Gasteiger partial charge in [0.15, 0.2) is 0 Å². The molecular formula is C9H11NO2. The summed E-state index contributed by atoms with van der Waals surface area (Å²) in [6.45, 7) is 0.743. The molecule has 1 aliphatic rings. The third kappa shape index (κ3) is 1.07. The van der Waals surface area contributed by atoms with E-state index in [9.17, 15) is 5.11 Å². The van der Waals surface area contributed by atoms with Crippen LogP contribution >= 0.6 is 0 Å². The van der Waals surface area contributed by atoms with Crippen LogP contribution in [0.4, 0.5) is 5.69 Å². The van der Waals surface area contributed by atoms with Crippen LogP contribution in [0, 0.1) is 0 Å². The summed E-state index contributed by atoms with van der Waals surface area (Å²) in [6.07, 6.45) is 0. The van der Waals surface area contributed by atoms with E-state index < -0.39 is 5.60 Å². The number of benzene rings is 1. The second kappa shape index (κ2) is 2.47. The van der Waals surface area contributed by atoms with Crippen molar-refractivity contribution in [1.82, 2.24) is 0 Å². The Balaban J connectivity index is 2.33. The Labute approximate surface area is 70.8 Å². The summed E-state index contributed by atoms with van der Waals surface area (Å²) in [5, 5.41) is 9.83. The molecule has 0 bridgehead atoms. The second-order valence-electron chi connectivity index (χ2n) is 3.15. The Morgan fingerprint density at radius 2 is 2.17 bits per heavy atom. The molecule has 0 aromatic heterocycles. The lowest BCUT2D eigenvalue weighted by Gasteiger charge is -2.36. The Hall–Kier alpha value is -1.06. The van der Waals surface area contributed by atoms with Gasteiger partial charge < -0.3 is 15.6 Å². The molecule has 1 aliphatic heterocycles. The van der Waals surface area contributed by atoms with Crippen LogP contribution in [0.25, 0.3) is 0 Å². The summed E-state index contributed by atoms with van der Waals surface area (Å²) in [4.78, 5) is 0. The Bertz CT molecular complexity index is 294. The average Bonchev–Trinajstić information content (AvgIpc) is 2.00. The predicted octanol–water partition coefficient (Wildman–Crippen LogP) is 0.487. The van der Waals surface area contributed by atoms with Gasteiger partial charge in [0.2, 0.25) is 0 Å². The fraction of sp³-hybridized carbons (Fsp3) is 0.333. The monoisotopic (exact) mass is 165 g/mol. The summed E-state index contributed by atoms with van der Waals surface area (Å²) in [7, 11) is 0. The number of aliphatic hydroxyl groups is 1. The Morgan fingerprint density at radius 3 is 2.67 bits per heavy atom. The normalized spacial score (nSPS) is 20.1. The van der Waals surface area contributed by atoms with E-state index in [4.69, 9.17) is 10.5 Å². The van der Waals surface area contributed by atoms with Gasteiger partial charge in [0.25, 0.3) is 0 Å². The van der Waals surface area contributed by atoms with Crippen molar-refractivity contribution in [1.29, 1.82) is 0 Å². The first-order valence-corrected chi connectivity index (χ1v) is 3.87. The van der Waals surface area contributed by atoms with Crippen LogP contribution in [0.1, 0.15) is 5.56 Å². The van der Waals surface area contributed by atoms with E-state index in [1.54, 1.807) is 12.1 Å². The molecule has 0 aliphatic carbocycles. The molecule has 1 heterocycles. The molecule has 3 N–H and O–H groups in total. The molecule has 0 radical (unpaired) electrons. The van der Waals surface area contributed by atoms with E-state index in [1.165, 1.54) is 0 Å². The van der Waals surface area contributed by atoms with Crippen LogP contribution in [-0.2, 0) is 10.3 Å². The van der Waals surface area contributed by atoms with Gasteiger partial charge in [0, 0.05) is 5.69 Å². The number of hydrogen-bond donors (Lipinski definition) is 2. The minimum absolute atomic E-state index is 0.371. The first kappa shape index (κ1) is 7.58. The maximum atomic E-state index is 9.83. The molecule has 0 spiro atoms. The summed E-state index contributed by atoms with van der Waals surface area (Å²) in [5.74, 6) is 0. The maximum Gasteiger partial charge on any atom is 0.136 e. The number of rotatable bonds is 1. The maximum absolute atomic E-state index is 9.83. The molecule has 1 saturated heterocycles. The zero-order valence-corrected chi connectivity index (χ0v) is 6.66. The first-order valence-electron chi connectivity index (χ1n) is 3.87. The van der Waals surface area contributed by atoms with Crippen LogP contribution in [0.2, 0.25) is 0 Å². The summed E-state index contributed by atoms with van der Waals surface area (Å²) in [5.41, 5.74) is 6.30. The zero-order valence-electron chi connectivity index (χ0n) is 6.66. The molecule has 12 heavy (non-hydrogen) atoms. The topological polar surface area (TPSA) is 55.5 Å². The highest BCUT2D eigenvalue weighted by molar-refractivity contribution is 5.43. The molecule has 64 valence electrons. The van der Waals surface area contributed by atoms with E-state index in [2.05, 4.69) is 0 Å². The Morgan fingerprint density at radius 1 is 1.42 bits per heavy atom. The minimum atomic E-state index is -0.796. The highest BCUT2D eigenvalue weighted by Gasteiger charge is 2.37. The largest absolute Gasteiger partial charge is 0.399 e. The van der Waals surface area contributed by atoms with Gasteiger partial charge in [-0.1, -0.05) is 12.1 Å². The quantitative estimate of drug-likeness (QED) is 0.595. The summed E-state index contributed by atoms with van der Waals surface area (Å²) in [6, 6.07) is 7.27. The van der Waals surface area contributed by atoms with Crippen molar-refractivity contribution in [3.63, 3.8) is 0 Å². The van der Waals surface area contributed by atoms with Gasteiger partial charge in [0.05, 0.1) is 13.2 Å². The van der Waals surface area contributed by atoms with Gasteiger partial charge in [0.1, 0.15) is 5.60 Å². The number of ether oxygens (including phenoxy) is 1. The molecule has 0 unspecified atom stereocenters. The van der Waals surface area contributed by atoms with Gasteiger partial charge in [-0.15, -0.1) is 0 Å². The molecule has 1 aromatic carbocycles. The van der Waals surface area contributed by atoms with Crippen LogP contribution < -0.4 is 5.73 Å². The van der Waals surface area contributed by atoms with Gasteiger partial charge in [-0.05, 0) is 17.7 Å². The zero-order chi connectivity index (χ0) is 8.60. The van der Waals surface area contributed by atoms with Crippen molar-refractivity contribution in [2.75, 3.05) is 18.9 Å². The third-order valence-corrected chi connectivity index (χ3v) is 2.11. The van der Waals surface area contributed by atoms with Crippen molar-refractivity contribution >= 4 is 5.69 Å². The predicted molar refractivity (Wildman–Crippen MR) is 45.6 cm³/mol. The average molecular weight is 165 g/mol. The molecule has 0 saturated carbocycles. The molecule has 1 fully saturated rings. The lowest BCUT2D eigenvalue weighted by molar-refractivity contribution is -0.184. The van der Waals surface area contributed by atoms with E-state index in [1.807, 2.05) is 12.1 Å². The van der Waals surface area contributed by atoms with Crippen LogP contribution in [-0.4, -0.2) is 18.3 Å². The highest BCUT2D eigenvalue weighted by Crippen LogP contribution is 2.29. The molecule has 0 atom stereocenters. The standard InChI is InChI=1S/C9H11NO2/c10-8-3-1-2-7(4-8)9(11)5-12-6-9/h1-4,11H,5-6,10H2. The van der Waals surface area contributed by atoms with Crippen LogP contribution in [0.3, 0.4) is 0 Å². The van der Waals surface area contributed by atoms with Gasteiger partial charge in [-0.2, -0.15) is 0 Å². The number of anilines is 1. The second-order valence-corrected chi connectivity index (χ2v) is 3.15. The summed E-state index contributed by atoms with van der Waals surface area (Å²) >= 11 is 0. The SMILES string of the molecule is Nc1cccc(C2(O)COC2)c1. The molecule has 2 rings (SSSR count). The minimum Gasteiger partial charge on any atom is -0.399 e. The fourth-order valence-electron chi connectivity index (χ4n) is 1.29. The van der Waals surface area contributed by atoms with Crippen molar-refractivity contribution in [2.45, 2.75) is 5.60 Å². The van der Waals surface area contributed by atoms with Crippen molar-refractivity contribution in [3.05, 3.63) is 29.8 Å². The molecule has 1 aromatic rings. The van der Waals surface area contributed by atoms with E-state index in [0.717, 1.165) is 5.56 Å². The molecule has 3 nitrogen and oxygen atoms in total. The number of nitrogens with two attached hydrogens (primary N) is 1. The van der Waals surface area contributed by atoms with Gasteiger partial charge in [-0.3, -0.25) is 0 Å². The smallest absolute Gasteiger partial charge is 0.136 e. The lowest BCUT2D eigenvalue weighted by atomic mass is 9.92. The van der Waals surface area contributed by atoms with Crippen molar-refractivity contribution < 1.29 is 9.84 Å². The van der Waals surface area contributed by atoms with Crippen molar-refractivity contribution in [2.24, 2.45) is 0 Å². The third-order valence-electron chi connectivity index (χ3n) is 2.11. The lowest BCUT2D eigenvalue weighted by Crippen LogP contribution is -2.46. The van der Waals surface area contributed by atoms with Crippen LogP contribution in [0.5, 0.6) is 0 Å². The summed E-state index contributed by atoms with van der Waals surface area (Å²) < 4.78 is 4.94. The number of hydrogen-bond acceptors (Lipinski definition) is 3. The van der Waals surface area contributed by atoms with E-state index in [0.29, 0.717) is 18.9 Å².